The highest BCUT2D eigenvalue weighted by Gasteiger charge is 2.04. The molecule has 6 heteroatoms. The van der Waals surface area contributed by atoms with Gasteiger partial charge in [-0.25, -0.2) is 4.79 Å². The van der Waals surface area contributed by atoms with Crippen molar-refractivity contribution in [2.75, 3.05) is 40.0 Å². The maximum atomic E-state index is 11.4. The number of carbonyl (C=O) groups excluding carboxylic acids is 1. The number of ether oxygens (including phenoxy) is 2. The molecule has 128 valence electrons. The van der Waals surface area contributed by atoms with Crippen LogP contribution in [0.4, 0.5) is 0 Å². The Balaban J connectivity index is 2.41. The van der Waals surface area contributed by atoms with E-state index in [4.69, 9.17) is 4.74 Å². The molecule has 23 heavy (non-hydrogen) atoms. The number of esters is 1. The molecule has 0 spiro atoms. The van der Waals surface area contributed by atoms with Crippen LogP contribution in [0, 0.1) is 0 Å². The summed E-state index contributed by atoms with van der Waals surface area (Å²) >= 11 is 0. The molecule has 0 saturated carbocycles. The van der Waals surface area contributed by atoms with E-state index in [-0.39, 0.29) is 5.97 Å². The molecular weight excluding hydrogens is 294 g/mol. The van der Waals surface area contributed by atoms with Crippen LogP contribution in [0.2, 0.25) is 0 Å². The van der Waals surface area contributed by atoms with Crippen molar-refractivity contribution < 1.29 is 14.3 Å². The quantitative estimate of drug-likeness (QED) is 0.313. The lowest BCUT2D eigenvalue weighted by Crippen LogP contribution is -2.38. The average molecular weight is 321 g/mol. The summed E-state index contributed by atoms with van der Waals surface area (Å²) < 4.78 is 9.96. The lowest BCUT2D eigenvalue weighted by molar-refractivity contribution is 0.0600. The third-order valence-electron chi connectivity index (χ3n) is 3.14. The van der Waals surface area contributed by atoms with Crippen molar-refractivity contribution in [3.63, 3.8) is 0 Å². The standard InChI is InChI=1S/C17H27N3O3/c1-4-18-17(20-12-13-23-5-2)19-11-10-14-6-8-15(9-7-14)16(21)22-3/h6-9H,4-5,10-13H2,1-3H3,(H2,18,19,20). The predicted octanol–water partition coefficient (Wildman–Crippen LogP) is 1.61. The Labute approximate surface area is 138 Å². The van der Waals surface area contributed by atoms with Gasteiger partial charge in [0.15, 0.2) is 5.96 Å². The molecule has 0 unspecified atom stereocenters. The molecule has 0 atom stereocenters. The van der Waals surface area contributed by atoms with Crippen LogP contribution in [0.5, 0.6) is 0 Å². The Morgan fingerprint density at radius 2 is 1.91 bits per heavy atom. The Bertz CT molecular complexity index is 486. The molecule has 0 aromatic heterocycles. The summed E-state index contributed by atoms with van der Waals surface area (Å²) in [6, 6.07) is 7.44. The first-order valence-corrected chi connectivity index (χ1v) is 7.98. The van der Waals surface area contributed by atoms with Crippen molar-refractivity contribution >= 4 is 11.9 Å². The maximum Gasteiger partial charge on any atom is 0.337 e. The number of carbonyl (C=O) groups is 1. The highest BCUT2D eigenvalue weighted by Crippen LogP contribution is 2.06. The summed E-state index contributed by atoms with van der Waals surface area (Å²) in [5.41, 5.74) is 1.71. The fraction of sp³-hybridized carbons (Fsp3) is 0.529. The second-order valence-corrected chi connectivity index (χ2v) is 4.82. The molecule has 0 fully saturated rings. The van der Waals surface area contributed by atoms with Gasteiger partial charge in [-0.3, -0.25) is 4.99 Å². The van der Waals surface area contributed by atoms with Crippen LogP contribution in [-0.4, -0.2) is 51.9 Å². The van der Waals surface area contributed by atoms with E-state index in [0.29, 0.717) is 25.3 Å². The van der Waals surface area contributed by atoms with Gasteiger partial charge in [0.25, 0.3) is 0 Å². The third-order valence-corrected chi connectivity index (χ3v) is 3.14. The highest BCUT2D eigenvalue weighted by atomic mass is 16.5. The fourth-order valence-electron chi connectivity index (χ4n) is 1.96. The number of benzene rings is 1. The van der Waals surface area contributed by atoms with Gasteiger partial charge in [0.05, 0.1) is 25.8 Å². The van der Waals surface area contributed by atoms with E-state index in [1.165, 1.54) is 7.11 Å². The molecule has 0 aliphatic heterocycles. The second-order valence-electron chi connectivity index (χ2n) is 4.82. The fourth-order valence-corrected chi connectivity index (χ4v) is 1.96. The Hall–Kier alpha value is -2.08. The molecule has 1 aromatic carbocycles. The minimum absolute atomic E-state index is 0.314. The Morgan fingerprint density at radius 1 is 1.17 bits per heavy atom. The van der Waals surface area contributed by atoms with Crippen LogP contribution < -0.4 is 10.6 Å². The molecule has 6 nitrogen and oxygen atoms in total. The summed E-state index contributed by atoms with van der Waals surface area (Å²) in [5.74, 6) is 0.476. The largest absolute Gasteiger partial charge is 0.465 e. The first kappa shape index (κ1) is 19.0. The van der Waals surface area contributed by atoms with Crippen LogP contribution in [0.25, 0.3) is 0 Å². The van der Waals surface area contributed by atoms with Gasteiger partial charge in [-0.1, -0.05) is 12.1 Å². The number of guanidine groups is 1. The van der Waals surface area contributed by atoms with Crippen LogP contribution in [-0.2, 0) is 15.9 Å². The molecule has 0 bridgehead atoms. The van der Waals surface area contributed by atoms with Gasteiger partial charge in [-0.2, -0.15) is 0 Å². The number of nitrogens with one attached hydrogen (secondary N) is 2. The zero-order chi connectivity index (χ0) is 16.9. The van der Waals surface area contributed by atoms with Gasteiger partial charge in [-0.15, -0.1) is 0 Å². The van der Waals surface area contributed by atoms with Gasteiger partial charge in [0.2, 0.25) is 0 Å². The van der Waals surface area contributed by atoms with E-state index in [1.54, 1.807) is 12.1 Å². The summed E-state index contributed by atoms with van der Waals surface area (Å²) in [4.78, 5) is 15.8. The third kappa shape index (κ3) is 7.65. The molecule has 0 heterocycles. The number of aliphatic imine (C=N–C) groups is 1. The van der Waals surface area contributed by atoms with Crippen molar-refractivity contribution in [1.29, 1.82) is 0 Å². The smallest absolute Gasteiger partial charge is 0.337 e. The zero-order valence-corrected chi connectivity index (χ0v) is 14.2. The van der Waals surface area contributed by atoms with E-state index < -0.39 is 0 Å². The van der Waals surface area contributed by atoms with Gasteiger partial charge in [-0.05, 0) is 38.0 Å². The summed E-state index contributed by atoms with van der Waals surface area (Å²) in [6.45, 7) is 7.55. The normalized spacial score (nSPS) is 11.2. The number of hydrogen-bond acceptors (Lipinski definition) is 4. The van der Waals surface area contributed by atoms with E-state index in [2.05, 4.69) is 20.4 Å². The molecule has 0 saturated heterocycles. The van der Waals surface area contributed by atoms with E-state index in [9.17, 15) is 4.79 Å². The molecule has 0 amide bonds. The van der Waals surface area contributed by atoms with Crippen LogP contribution in [0.1, 0.15) is 29.8 Å². The molecule has 1 rings (SSSR count). The molecule has 2 N–H and O–H groups in total. The van der Waals surface area contributed by atoms with Gasteiger partial charge in [0.1, 0.15) is 0 Å². The minimum atomic E-state index is -0.314. The molecule has 0 aliphatic rings. The number of hydrogen-bond donors (Lipinski definition) is 2. The van der Waals surface area contributed by atoms with Crippen molar-refractivity contribution in [3.05, 3.63) is 35.4 Å². The summed E-state index contributed by atoms with van der Waals surface area (Å²) in [6.07, 6.45) is 0.845. The van der Waals surface area contributed by atoms with E-state index >= 15 is 0 Å². The number of rotatable bonds is 9. The molecular formula is C17H27N3O3. The van der Waals surface area contributed by atoms with Crippen LogP contribution >= 0.6 is 0 Å². The van der Waals surface area contributed by atoms with E-state index in [0.717, 1.165) is 31.0 Å². The van der Waals surface area contributed by atoms with Gasteiger partial charge >= 0.3 is 5.97 Å². The maximum absolute atomic E-state index is 11.4. The number of methoxy groups -OCH3 is 1. The van der Waals surface area contributed by atoms with Crippen LogP contribution in [0.3, 0.4) is 0 Å². The predicted molar refractivity (Wildman–Crippen MR) is 92.0 cm³/mol. The first-order chi connectivity index (χ1) is 11.2. The number of nitrogens with zero attached hydrogens (tertiary/aromatic N) is 1. The van der Waals surface area contributed by atoms with Crippen molar-refractivity contribution in [3.8, 4) is 0 Å². The monoisotopic (exact) mass is 321 g/mol. The Kier molecular flexibility index (Phi) is 9.47. The highest BCUT2D eigenvalue weighted by molar-refractivity contribution is 5.89. The molecule has 1 aromatic rings. The zero-order valence-electron chi connectivity index (χ0n) is 14.2. The lowest BCUT2D eigenvalue weighted by Gasteiger charge is -2.11. The van der Waals surface area contributed by atoms with Gasteiger partial charge in [0, 0.05) is 19.7 Å². The lowest BCUT2D eigenvalue weighted by atomic mass is 10.1. The van der Waals surface area contributed by atoms with Gasteiger partial charge < -0.3 is 20.1 Å². The SMILES string of the molecule is CCNC(=NCCOCC)NCCc1ccc(C(=O)OC)cc1. The Morgan fingerprint density at radius 3 is 2.52 bits per heavy atom. The summed E-state index contributed by atoms with van der Waals surface area (Å²) in [7, 11) is 1.38. The first-order valence-electron chi connectivity index (χ1n) is 7.98. The summed E-state index contributed by atoms with van der Waals surface area (Å²) in [5, 5.41) is 6.49. The second kappa shape index (κ2) is 11.5. The van der Waals surface area contributed by atoms with E-state index in [1.807, 2.05) is 26.0 Å². The topological polar surface area (TPSA) is 72.0 Å². The minimum Gasteiger partial charge on any atom is -0.465 e. The molecule has 0 aliphatic carbocycles. The average Bonchev–Trinajstić information content (AvgIpc) is 2.58. The molecule has 0 radical (unpaired) electrons. The van der Waals surface area contributed by atoms with Crippen molar-refractivity contribution in [2.45, 2.75) is 20.3 Å². The van der Waals surface area contributed by atoms with Crippen molar-refractivity contribution in [2.24, 2.45) is 4.99 Å². The van der Waals surface area contributed by atoms with Crippen molar-refractivity contribution in [1.82, 2.24) is 10.6 Å². The van der Waals surface area contributed by atoms with Crippen LogP contribution in [0.15, 0.2) is 29.3 Å².